The fraction of sp³-hybridized carbons (Fsp3) is 0.867. The molecule has 2 N–H and O–H groups in total. The molecule has 2 aliphatic heterocycles. The van der Waals surface area contributed by atoms with Gasteiger partial charge in [0, 0.05) is 26.2 Å². The van der Waals surface area contributed by atoms with Crippen LogP contribution in [0.3, 0.4) is 0 Å². The minimum atomic E-state index is -0.897. The molecule has 6 nitrogen and oxygen atoms in total. The lowest BCUT2D eigenvalue weighted by molar-refractivity contribution is -0.144. The van der Waals surface area contributed by atoms with Crippen molar-refractivity contribution in [2.24, 2.45) is 11.8 Å². The number of hydrogen-bond acceptors (Lipinski definition) is 3. The standard InChI is InChI=1S/C15H26N2O4/c1-2-11-5-8-17(13(9-11)14(19)20)15(21)16-6-3-12(10-18)4-7-16/h11-13,18H,2-10H2,1H3,(H,19,20). The number of carboxylic acid groups (broad SMARTS) is 1. The van der Waals surface area contributed by atoms with Gasteiger partial charge in [-0.1, -0.05) is 13.3 Å². The van der Waals surface area contributed by atoms with Gasteiger partial charge in [0.15, 0.2) is 0 Å². The average molecular weight is 298 g/mol. The Labute approximate surface area is 125 Å². The molecule has 2 atom stereocenters. The zero-order valence-corrected chi connectivity index (χ0v) is 12.7. The van der Waals surface area contributed by atoms with Gasteiger partial charge in [-0.3, -0.25) is 0 Å². The molecule has 2 aliphatic rings. The van der Waals surface area contributed by atoms with Crippen LogP contribution in [0.15, 0.2) is 0 Å². The van der Waals surface area contributed by atoms with E-state index >= 15 is 0 Å². The molecule has 0 aromatic carbocycles. The fourth-order valence-electron chi connectivity index (χ4n) is 3.36. The molecule has 2 fully saturated rings. The van der Waals surface area contributed by atoms with E-state index in [0.29, 0.717) is 32.0 Å². The van der Waals surface area contributed by atoms with E-state index in [1.54, 1.807) is 4.90 Å². The number of carbonyl (C=O) groups is 2. The van der Waals surface area contributed by atoms with Crippen LogP contribution in [0.5, 0.6) is 0 Å². The summed E-state index contributed by atoms with van der Waals surface area (Å²) in [6, 6.07) is -0.833. The van der Waals surface area contributed by atoms with Crippen LogP contribution in [0.2, 0.25) is 0 Å². The van der Waals surface area contributed by atoms with Crippen molar-refractivity contribution in [3.05, 3.63) is 0 Å². The number of urea groups is 1. The van der Waals surface area contributed by atoms with Gasteiger partial charge in [0.05, 0.1) is 0 Å². The van der Waals surface area contributed by atoms with Gasteiger partial charge in [-0.25, -0.2) is 9.59 Å². The van der Waals surface area contributed by atoms with Crippen molar-refractivity contribution < 1.29 is 19.8 Å². The number of carboxylic acids is 1. The molecule has 0 spiro atoms. The molecule has 0 radical (unpaired) electrons. The minimum Gasteiger partial charge on any atom is -0.480 e. The maximum atomic E-state index is 12.6. The van der Waals surface area contributed by atoms with E-state index < -0.39 is 12.0 Å². The van der Waals surface area contributed by atoms with E-state index in [9.17, 15) is 14.7 Å². The lowest BCUT2D eigenvalue weighted by atomic mass is 9.89. The maximum Gasteiger partial charge on any atom is 0.326 e. The molecule has 6 heteroatoms. The van der Waals surface area contributed by atoms with Gasteiger partial charge in [-0.2, -0.15) is 0 Å². The largest absolute Gasteiger partial charge is 0.480 e. The van der Waals surface area contributed by atoms with Gasteiger partial charge in [0.25, 0.3) is 0 Å². The quantitative estimate of drug-likeness (QED) is 0.825. The summed E-state index contributed by atoms with van der Waals surface area (Å²) in [5.74, 6) is -0.225. The van der Waals surface area contributed by atoms with E-state index in [1.165, 1.54) is 4.90 Å². The second-order valence-corrected chi connectivity index (χ2v) is 6.24. The molecule has 120 valence electrons. The first kappa shape index (κ1) is 16.1. The number of aliphatic hydroxyl groups is 1. The molecule has 0 aromatic heterocycles. The van der Waals surface area contributed by atoms with Crippen LogP contribution >= 0.6 is 0 Å². The molecule has 0 bridgehead atoms. The Kier molecular flexibility index (Phi) is 5.45. The molecular formula is C15H26N2O4. The third-order valence-corrected chi connectivity index (χ3v) is 4.96. The Morgan fingerprint density at radius 1 is 1.10 bits per heavy atom. The topological polar surface area (TPSA) is 81.1 Å². The molecule has 0 aliphatic carbocycles. The summed E-state index contributed by atoms with van der Waals surface area (Å²) in [6.07, 6.45) is 4.01. The van der Waals surface area contributed by atoms with E-state index in [-0.39, 0.29) is 18.6 Å². The minimum absolute atomic E-state index is 0.145. The highest BCUT2D eigenvalue weighted by Gasteiger charge is 2.38. The van der Waals surface area contributed by atoms with Crippen LogP contribution in [-0.4, -0.2) is 64.3 Å². The van der Waals surface area contributed by atoms with Crippen LogP contribution in [0.25, 0.3) is 0 Å². The number of nitrogens with zero attached hydrogens (tertiary/aromatic N) is 2. The normalized spacial score (nSPS) is 27.7. The number of amides is 2. The van der Waals surface area contributed by atoms with Gasteiger partial charge in [-0.05, 0) is 37.5 Å². The monoisotopic (exact) mass is 298 g/mol. The zero-order valence-electron chi connectivity index (χ0n) is 12.7. The SMILES string of the molecule is CCC1CCN(C(=O)N2CCC(CO)CC2)C(C(=O)O)C1. The van der Waals surface area contributed by atoms with Gasteiger partial charge in [0.1, 0.15) is 6.04 Å². The lowest BCUT2D eigenvalue weighted by Gasteiger charge is -2.41. The summed E-state index contributed by atoms with van der Waals surface area (Å²) < 4.78 is 0. The van der Waals surface area contributed by atoms with Crippen molar-refractivity contribution >= 4 is 12.0 Å². The Morgan fingerprint density at radius 3 is 2.24 bits per heavy atom. The number of hydrogen-bond donors (Lipinski definition) is 2. The predicted octanol–water partition coefficient (Wildman–Crippen LogP) is 1.39. The van der Waals surface area contributed by atoms with E-state index in [1.807, 2.05) is 0 Å². The molecular weight excluding hydrogens is 272 g/mol. The highest BCUT2D eigenvalue weighted by molar-refractivity contribution is 5.83. The van der Waals surface area contributed by atoms with Crippen LogP contribution in [0.1, 0.15) is 39.0 Å². The maximum absolute atomic E-state index is 12.6. The summed E-state index contributed by atoms with van der Waals surface area (Å²) in [5.41, 5.74) is 0. The zero-order chi connectivity index (χ0) is 15.4. The Morgan fingerprint density at radius 2 is 1.71 bits per heavy atom. The van der Waals surface area contributed by atoms with Crippen LogP contribution in [0.4, 0.5) is 4.79 Å². The van der Waals surface area contributed by atoms with Gasteiger partial charge in [0.2, 0.25) is 0 Å². The first-order valence-electron chi connectivity index (χ1n) is 7.96. The number of piperidine rings is 2. The summed E-state index contributed by atoms with van der Waals surface area (Å²) in [7, 11) is 0. The lowest BCUT2D eigenvalue weighted by Crippen LogP contribution is -2.55. The molecule has 2 unspecified atom stereocenters. The first-order valence-corrected chi connectivity index (χ1v) is 7.96. The van der Waals surface area contributed by atoms with Crippen molar-refractivity contribution in [2.45, 2.75) is 45.1 Å². The molecule has 21 heavy (non-hydrogen) atoms. The molecule has 2 heterocycles. The number of rotatable bonds is 3. The molecule has 0 aromatic rings. The van der Waals surface area contributed by atoms with E-state index in [0.717, 1.165) is 25.7 Å². The third kappa shape index (κ3) is 3.67. The molecule has 2 amide bonds. The second-order valence-electron chi connectivity index (χ2n) is 6.24. The highest BCUT2D eigenvalue weighted by Crippen LogP contribution is 2.27. The fourth-order valence-corrected chi connectivity index (χ4v) is 3.36. The highest BCUT2D eigenvalue weighted by atomic mass is 16.4. The number of aliphatic carboxylic acids is 1. The second kappa shape index (κ2) is 7.11. The van der Waals surface area contributed by atoms with Gasteiger partial charge >= 0.3 is 12.0 Å². The Bertz CT molecular complexity index is 380. The van der Waals surface area contributed by atoms with Crippen LogP contribution in [0, 0.1) is 11.8 Å². The molecule has 0 saturated carbocycles. The van der Waals surface area contributed by atoms with E-state index in [4.69, 9.17) is 5.11 Å². The summed E-state index contributed by atoms with van der Waals surface area (Å²) >= 11 is 0. The molecule has 2 rings (SSSR count). The van der Waals surface area contributed by atoms with Crippen molar-refractivity contribution in [3.8, 4) is 0 Å². The van der Waals surface area contributed by atoms with Gasteiger partial charge in [-0.15, -0.1) is 0 Å². The van der Waals surface area contributed by atoms with E-state index in [2.05, 4.69) is 6.92 Å². The third-order valence-electron chi connectivity index (χ3n) is 4.96. The summed E-state index contributed by atoms with van der Waals surface area (Å²) in [4.78, 5) is 27.3. The number of carbonyl (C=O) groups excluding carboxylic acids is 1. The molecule has 2 saturated heterocycles. The average Bonchev–Trinajstić information content (AvgIpc) is 2.53. The van der Waals surface area contributed by atoms with Crippen LogP contribution in [-0.2, 0) is 4.79 Å². The van der Waals surface area contributed by atoms with Gasteiger partial charge < -0.3 is 20.0 Å². The van der Waals surface area contributed by atoms with Crippen molar-refractivity contribution in [1.82, 2.24) is 9.80 Å². The Balaban J connectivity index is 1.98. The van der Waals surface area contributed by atoms with Crippen molar-refractivity contribution in [3.63, 3.8) is 0 Å². The summed E-state index contributed by atoms with van der Waals surface area (Å²) in [6.45, 7) is 4.00. The van der Waals surface area contributed by atoms with Crippen LogP contribution < -0.4 is 0 Å². The number of likely N-dealkylation sites (tertiary alicyclic amines) is 2. The Hall–Kier alpha value is -1.30. The summed E-state index contributed by atoms with van der Waals surface area (Å²) in [5, 5.41) is 18.5. The predicted molar refractivity (Wildman–Crippen MR) is 77.9 cm³/mol. The smallest absolute Gasteiger partial charge is 0.326 e. The van der Waals surface area contributed by atoms with Crippen molar-refractivity contribution in [1.29, 1.82) is 0 Å². The first-order chi connectivity index (χ1) is 10.1. The van der Waals surface area contributed by atoms with Crippen molar-refractivity contribution in [2.75, 3.05) is 26.2 Å². The number of aliphatic hydroxyl groups excluding tert-OH is 1.